The number of rotatable bonds is 6. The summed E-state index contributed by atoms with van der Waals surface area (Å²) >= 11 is 0. The van der Waals surface area contributed by atoms with Gasteiger partial charge < -0.3 is 19.3 Å². The fourth-order valence-corrected chi connectivity index (χ4v) is 2.95. The molecule has 0 saturated carbocycles. The molecule has 0 aliphatic rings. The molecule has 1 heterocycles. The highest BCUT2D eigenvalue weighted by Crippen LogP contribution is 2.27. The first-order chi connectivity index (χ1) is 14.7. The molecular weight excluding hydrogens is 382 g/mol. The lowest BCUT2D eigenvalue weighted by atomic mass is 10.1. The first-order valence-electron chi connectivity index (χ1n) is 9.21. The lowest BCUT2D eigenvalue weighted by Crippen LogP contribution is -2.13. The monoisotopic (exact) mass is 401 g/mol. The quantitative estimate of drug-likeness (QED) is 0.505. The van der Waals surface area contributed by atoms with Crippen LogP contribution in [0.25, 0.3) is 22.8 Å². The van der Waals surface area contributed by atoms with Crippen molar-refractivity contribution in [3.63, 3.8) is 0 Å². The molecule has 0 fully saturated rings. The SMILES string of the molecule is COc1ccc(NC(=O)c2ccccc2-c2nc(-c3cccc(OC)c3)no2)cc1. The summed E-state index contributed by atoms with van der Waals surface area (Å²) in [5.41, 5.74) is 2.38. The normalized spacial score (nSPS) is 10.5. The minimum absolute atomic E-state index is 0.258. The Labute approximate surface area is 173 Å². The summed E-state index contributed by atoms with van der Waals surface area (Å²) in [6.07, 6.45) is 0. The molecule has 4 aromatic rings. The van der Waals surface area contributed by atoms with Crippen molar-refractivity contribution in [2.24, 2.45) is 0 Å². The van der Waals surface area contributed by atoms with Crippen molar-refractivity contribution >= 4 is 11.6 Å². The number of benzene rings is 3. The highest BCUT2D eigenvalue weighted by Gasteiger charge is 2.18. The van der Waals surface area contributed by atoms with Crippen LogP contribution in [0.4, 0.5) is 5.69 Å². The van der Waals surface area contributed by atoms with Gasteiger partial charge in [0.25, 0.3) is 11.8 Å². The van der Waals surface area contributed by atoms with Gasteiger partial charge in [-0.15, -0.1) is 0 Å². The number of anilines is 1. The number of hydrogen-bond donors (Lipinski definition) is 1. The van der Waals surface area contributed by atoms with Gasteiger partial charge in [-0.3, -0.25) is 4.79 Å². The molecule has 0 spiro atoms. The summed E-state index contributed by atoms with van der Waals surface area (Å²) in [6.45, 7) is 0. The van der Waals surface area contributed by atoms with E-state index < -0.39 is 0 Å². The van der Waals surface area contributed by atoms with E-state index in [0.717, 1.165) is 5.56 Å². The van der Waals surface area contributed by atoms with Crippen LogP contribution in [0.5, 0.6) is 11.5 Å². The van der Waals surface area contributed by atoms with Crippen molar-refractivity contribution in [1.82, 2.24) is 10.1 Å². The Bertz CT molecular complexity index is 1170. The number of carbonyl (C=O) groups is 1. The highest BCUT2D eigenvalue weighted by molar-refractivity contribution is 6.08. The maximum absolute atomic E-state index is 12.9. The molecule has 30 heavy (non-hydrogen) atoms. The summed E-state index contributed by atoms with van der Waals surface area (Å²) in [5, 5.41) is 6.93. The molecule has 1 amide bonds. The number of amides is 1. The maximum atomic E-state index is 12.9. The first kappa shape index (κ1) is 19.2. The average molecular weight is 401 g/mol. The number of carbonyl (C=O) groups excluding carboxylic acids is 1. The van der Waals surface area contributed by atoms with Crippen LogP contribution in [-0.2, 0) is 0 Å². The van der Waals surface area contributed by atoms with Gasteiger partial charge in [0.2, 0.25) is 5.82 Å². The summed E-state index contributed by atoms with van der Waals surface area (Å²) in [7, 11) is 3.19. The van der Waals surface area contributed by atoms with E-state index >= 15 is 0 Å². The van der Waals surface area contributed by atoms with Gasteiger partial charge in [-0.2, -0.15) is 4.98 Å². The molecule has 0 unspecified atom stereocenters. The van der Waals surface area contributed by atoms with Crippen LogP contribution in [0.1, 0.15) is 10.4 Å². The van der Waals surface area contributed by atoms with Crippen LogP contribution in [0, 0.1) is 0 Å². The Morgan fingerprint density at radius 2 is 1.67 bits per heavy atom. The van der Waals surface area contributed by atoms with Crippen LogP contribution >= 0.6 is 0 Å². The van der Waals surface area contributed by atoms with Crippen LogP contribution in [-0.4, -0.2) is 30.3 Å². The molecule has 7 nitrogen and oxygen atoms in total. The Morgan fingerprint density at radius 3 is 2.43 bits per heavy atom. The van der Waals surface area contributed by atoms with Crippen molar-refractivity contribution in [3.8, 4) is 34.3 Å². The summed E-state index contributed by atoms with van der Waals surface area (Å²) in [4.78, 5) is 17.3. The molecule has 7 heteroatoms. The summed E-state index contributed by atoms with van der Waals surface area (Å²) in [6, 6.07) is 21.5. The van der Waals surface area contributed by atoms with Crippen molar-refractivity contribution in [1.29, 1.82) is 0 Å². The van der Waals surface area contributed by atoms with E-state index in [9.17, 15) is 4.79 Å². The predicted molar refractivity (Wildman–Crippen MR) is 113 cm³/mol. The molecule has 0 aliphatic carbocycles. The van der Waals surface area contributed by atoms with Crippen molar-refractivity contribution in [2.45, 2.75) is 0 Å². The zero-order valence-corrected chi connectivity index (χ0v) is 16.5. The number of aromatic nitrogens is 2. The molecule has 1 N–H and O–H groups in total. The van der Waals surface area contributed by atoms with Gasteiger partial charge in [-0.1, -0.05) is 29.4 Å². The number of nitrogens with zero attached hydrogens (tertiary/aromatic N) is 2. The molecular formula is C23H19N3O4. The molecule has 0 radical (unpaired) electrons. The van der Waals surface area contributed by atoms with E-state index in [1.54, 1.807) is 56.7 Å². The number of nitrogens with one attached hydrogen (secondary N) is 1. The molecule has 150 valence electrons. The second-order valence-corrected chi connectivity index (χ2v) is 6.38. The van der Waals surface area contributed by atoms with Crippen LogP contribution in [0.15, 0.2) is 77.3 Å². The van der Waals surface area contributed by atoms with E-state index in [1.807, 2.05) is 30.3 Å². The summed E-state index contributed by atoms with van der Waals surface area (Å²) in [5.74, 6) is 1.79. The predicted octanol–water partition coefficient (Wildman–Crippen LogP) is 4.67. The summed E-state index contributed by atoms with van der Waals surface area (Å²) < 4.78 is 15.8. The largest absolute Gasteiger partial charge is 0.497 e. The Morgan fingerprint density at radius 1 is 0.900 bits per heavy atom. The third-order valence-electron chi connectivity index (χ3n) is 4.50. The van der Waals surface area contributed by atoms with Crippen LogP contribution < -0.4 is 14.8 Å². The second kappa shape index (κ2) is 8.48. The first-order valence-corrected chi connectivity index (χ1v) is 9.21. The topological polar surface area (TPSA) is 86.5 Å². The lowest BCUT2D eigenvalue weighted by molar-refractivity contribution is 0.102. The fourth-order valence-electron chi connectivity index (χ4n) is 2.95. The van der Waals surface area contributed by atoms with Crippen LogP contribution in [0.3, 0.4) is 0 Å². The van der Waals surface area contributed by atoms with E-state index in [2.05, 4.69) is 15.5 Å². The lowest BCUT2D eigenvalue weighted by Gasteiger charge is -2.08. The standard InChI is InChI=1S/C23H19N3O4/c1-28-17-12-10-16(11-13-17)24-22(27)19-8-3-4-9-20(19)23-25-21(26-30-23)15-6-5-7-18(14-15)29-2/h3-14H,1-2H3,(H,24,27). The molecule has 0 bridgehead atoms. The van der Waals surface area contributed by atoms with Crippen molar-refractivity contribution in [2.75, 3.05) is 19.5 Å². The molecule has 0 atom stereocenters. The zero-order chi connectivity index (χ0) is 20.9. The molecule has 1 aromatic heterocycles. The Kier molecular flexibility index (Phi) is 5.43. The minimum Gasteiger partial charge on any atom is -0.497 e. The van der Waals surface area contributed by atoms with Crippen LogP contribution in [0.2, 0.25) is 0 Å². The van der Waals surface area contributed by atoms with Gasteiger partial charge in [0.1, 0.15) is 11.5 Å². The second-order valence-electron chi connectivity index (χ2n) is 6.38. The third kappa shape index (κ3) is 4.00. The van der Waals surface area contributed by atoms with Gasteiger partial charge in [0.05, 0.1) is 25.3 Å². The van der Waals surface area contributed by atoms with E-state index in [0.29, 0.717) is 34.1 Å². The molecule has 0 aliphatic heterocycles. The van der Waals surface area contributed by atoms with Crippen molar-refractivity contribution in [3.05, 3.63) is 78.4 Å². The highest BCUT2D eigenvalue weighted by atomic mass is 16.5. The van der Waals surface area contributed by atoms with Gasteiger partial charge in [0, 0.05) is 11.3 Å². The zero-order valence-electron chi connectivity index (χ0n) is 16.5. The fraction of sp³-hybridized carbons (Fsp3) is 0.0870. The number of hydrogen-bond acceptors (Lipinski definition) is 6. The van der Waals surface area contributed by atoms with E-state index in [1.165, 1.54) is 0 Å². The number of ether oxygens (including phenoxy) is 2. The Balaban J connectivity index is 1.61. The van der Waals surface area contributed by atoms with Crippen molar-refractivity contribution < 1.29 is 18.8 Å². The van der Waals surface area contributed by atoms with Gasteiger partial charge >= 0.3 is 0 Å². The average Bonchev–Trinajstić information content (AvgIpc) is 3.30. The van der Waals surface area contributed by atoms with E-state index in [-0.39, 0.29) is 11.8 Å². The Hall–Kier alpha value is -4.13. The minimum atomic E-state index is -0.281. The maximum Gasteiger partial charge on any atom is 0.259 e. The third-order valence-corrected chi connectivity index (χ3v) is 4.50. The smallest absolute Gasteiger partial charge is 0.259 e. The van der Waals surface area contributed by atoms with Gasteiger partial charge in [-0.25, -0.2) is 0 Å². The molecule has 4 rings (SSSR count). The molecule has 3 aromatic carbocycles. The van der Waals surface area contributed by atoms with E-state index in [4.69, 9.17) is 14.0 Å². The number of methoxy groups -OCH3 is 2. The van der Waals surface area contributed by atoms with Gasteiger partial charge in [-0.05, 0) is 48.5 Å². The van der Waals surface area contributed by atoms with Gasteiger partial charge in [0.15, 0.2) is 0 Å². The molecule has 0 saturated heterocycles.